The van der Waals surface area contributed by atoms with Crippen molar-refractivity contribution in [2.45, 2.75) is 52.5 Å². The van der Waals surface area contributed by atoms with Crippen LogP contribution in [0.3, 0.4) is 0 Å². The van der Waals surface area contributed by atoms with E-state index in [0.29, 0.717) is 17.8 Å². The van der Waals surface area contributed by atoms with Gasteiger partial charge in [0.05, 0.1) is 5.92 Å². The molecule has 0 saturated carbocycles. The number of hydrogen-bond acceptors (Lipinski definition) is 5. The molecule has 1 N–H and O–H groups in total. The van der Waals surface area contributed by atoms with Gasteiger partial charge in [0, 0.05) is 24.0 Å². The van der Waals surface area contributed by atoms with E-state index in [0.717, 1.165) is 30.5 Å². The molecule has 114 valence electrons. The normalized spacial score (nSPS) is 14.1. The van der Waals surface area contributed by atoms with Gasteiger partial charge >= 0.3 is 0 Å². The van der Waals surface area contributed by atoms with Crippen molar-refractivity contribution in [2.75, 3.05) is 6.54 Å². The Morgan fingerprint density at radius 3 is 2.76 bits per heavy atom. The van der Waals surface area contributed by atoms with Crippen LogP contribution >= 0.6 is 0 Å². The average molecular weight is 288 g/mol. The molecular weight excluding hydrogens is 264 g/mol. The second kappa shape index (κ2) is 7.31. The smallest absolute Gasteiger partial charge is 0.231 e. The Morgan fingerprint density at radius 2 is 2.10 bits per heavy atom. The van der Waals surface area contributed by atoms with Gasteiger partial charge in [-0.1, -0.05) is 25.9 Å². The van der Waals surface area contributed by atoms with Crippen molar-refractivity contribution < 1.29 is 4.52 Å². The molecule has 2 heterocycles. The van der Waals surface area contributed by atoms with Crippen molar-refractivity contribution in [3.05, 3.63) is 29.9 Å². The number of hydrogen-bond donors (Lipinski definition) is 1. The van der Waals surface area contributed by atoms with E-state index in [9.17, 15) is 0 Å². The quantitative estimate of drug-likeness (QED) is 0.847. The maximum absolute atomic E-state index is 5.52. The summed E-state index contributed by atoms with van der Waals surface area (Å²) in [4.78, 5) is 8.77. The average Bonchev–Trinajstić information content (AvgIpc) is 2.97. The number of nitrogens with zero attached hydrogens (tertiary/aromatic N) is 3. The summed E-state index contributed by atoms with van der Waals surface area (Å²) >= 11 is 0. The molecule has 2 rings (SSSR count). The van der Waals surface area contributed by atoms with Gasteiger partial charge < -0.3 is 9.84 Å². The molecule has 0 spiro atoms. The second-order valence-corrected chi connectivity index (χ2v) is 5.20. The molecule has 2 atom stereocenters. The van der Waals surface area contributed by atoms with Crippen molar-refractivity contribution in [2.24, 2.45) is 0 Å². The molecule has 0 amide bonds. The summed E-state index contributed by atoms with van der Waals surface area (Å²) in [5, 5.41) is 7.59. The Balaban J connectivity index is 2.28. The number of likely N-dealkylation sites (N-methyl/N-ethyl adjacent to an activating group) is 1. The predicted molar refractivity (Wildman–Crippen MR) is 83.1 cm³/mol. The van der Waals surface area contributed by atoms with Crippen LogP contribution < -0.4 is 5.32 Å². The summed E-state index contributed by atoms with van der Waals surface area (Å²) in [6.07, 6.45) is 5.50. The zero-order valence-corrected chi connectivity index (χ0v) is 13.3. The lowest BCUT2D eigenvalue weighted by molar-refractivity contribution is 0.318. The lowest BCUT2D eigenvalue weighted by Gasteiger charge is -2.19. The van der Waals surface area contributed by atoms with Gasteiger partial charge in [0.25, 0.3) is 0 Å². The van der Waals surface area contributed by atoms with E-state index >= 15 is 0 Å². The van der Waals surface area contributed by atoms with Crippen LogP contribution in [-0.2, 0) is 6.42 Å². The van der Waals surface area contributed by atoms with Gasteiger partial charge in [-0.25, -0.2) is 0 Å². The molecule has 0 saturated heterocycles. The van der Waals surface area contributed by atoms with E-state index in [-0.39, 0.29) is 5.92 Å². The van der Waals surface area contributed by atoms with E-state index in [4.69, 9.17) is 4.52 Å². The maximum Gasteiger partial charge on any atom is 0.231 e. The summed E-state index contributed by atoms with van der Waals surface area (Å²) < 4.78 is 5.52. The standard InChI is InChI=1S/C16H24N4O/c1-5-12-10-17-9-8-14(12)15-19-16(21-20-15)13(6-2)11(4)18-7-3/h8-11,13,18H,5-7H2,1-4H3. The third-order valence-electron chi connectivity index (χ3n) is 3.85. The fourth-order valence-electron chi connectivity index (χ4n) is 2.63. The number of nitrogens with one attached hydrogen (secondary N) is 1. The van der Waals surface area contributed by atoms with Crippen molar-refractivity contribution in [3.63, 3.8) is 0 Å². The third kappa shape index (κ3) is 3.47. The van der Waals surface area contributed by atoms with Crippen molar-refractivity contribution in [1.82, 2.24) is 20.4 Å². The van der Waals surface area contributed by atoms with Gasteiger partial charge in [0.15, 0.2) is 0 Å². The van der Waals surface area contributed by atoms with E-state index in [1.165, 1.54) is 0 Å². The van der Waals surface area contributed by atoms with Crippen LogP contribution in [0.1, 0.15) is 51.5 Å². The molecule has 0 aliphatic rings. The summed E-state index contributed by atoms with van der Waals surface area (Å²) in [6.45, 7) is 9.44. The molecular formula is C16H24N4O. The minimum absolute atomic E-state index is 0.234. The maximum atomic E-state index is 5.52. The first-order chi connectivity index (χ1) is 10.2. The molecule has 2 aromatic heterocycles. The molecule has 0 radical (unpaired) electrons. The van der Waals surface area contributed by atoms with Crippen molar-refractivity contribution in [3.8, 4) is 11.4 Å². The highest BCUT2D eigenvalue weighted by Gasteiger charge is 2.23. The minimum Gasteiger partial charge on any atom is -0.339 e. The predicted octanol–water partition coefficient (Wildman–Crippen LogP) is 3.19. The van der Waals surface area contributed by atoms with Gasteiger partial charge in [-0.3, -0.25) is 4.98 Å². The molecule has 0 fully saturated rings. The zero-order chi connectivity index (χ0) is 15.2. The monoisotopic (exact) mass is 288 g/mol. The van der Waals surface area contributed by atoms with Gasteiger partial charge in [-0.2, -0.15) is 4.98 Å². The van der Waals surface area contributed by atoms with Crippen LogP contribution in [0.2, 0.25) is 0 Å². The molecule has 21 heavy (non-hydrogen) atoms. The van der Waals surface area contributed by atoms with E-state index in [1.54, 1.807) is 6.20 Å². The Kier molecular flexibility index (Phi) is 5.44. The van der Waals surface area contributed by atoms with Crippen LogP contribution in [0.4, 0.5) is 0 Å². The highest BCUT2D eigenvalue weighted by molar-refractivity contribution is 5.58. The lowest BCUT2D eigenvalue weighted by atomic mass is 9.98. The molecule has 5 heteroatoms. The van der Waals surface area contributed by atoms with Crippen molar-refractivity contribution in [1.29, 1.82) is 0 Å². The second-order valence-electron chi connectivity index (χ2n) is 5.20. The number of aryl methyl sites for hydroxylation is 1. The molecule has 0 aliphatic carbocycles. The van der Waals surface area contributed by atoms with Crippen LogP contribution in [-0.4, -0.2) is 27.7 Å². The largest absolute Gasteiger partial charge is 0.339 e. The summed E-state index contributed by atoms with van der Waals surface area (Å²) in [5.74, 6) is 1.60. The molecule has 0 aliphatic heterocycles. The number of pyridine rings is 1. The number of aromatic nitrogens is 3. The SMILES string of the molecule is CCNC(C)C(CC)c1nc(-c2ccncc2CC)no1. The molecule has 2 aromatic rings. The molecule has 0 bridgehead atoms. The van der Waals surface area contributed by atoms with E-state index < -0.39 is 0 Å². The lowest BCUT2D eigenvalue weighted by Crippen LogP contribution is -2.31. The first-order valence-electron chi connectivity index (χ1n) is 7.71. The summed E-state index contributed by atoms with van der Waals surface area (Å²) in [6, 6.07) is 2.26. The van der Waals surface area contributed by atoms with E-state index in [2.05, 4.69) is 48.1 Å². The zero-order valence-electron chi connectivity index (χ0n) is 13.3. The van der Waals surface area contributed by atoms with Crippen LogP contribution in [0.25, 0.3) is 11.4 Å². The highest BCUT2D eigenvalue weighted by Crippen LogP contribution is 2.26. The Morgan fingerprint density at radius 1 is 1.29 bits per heavy atom. The fourth-order valence-corrected chi connectivity index (χ4v) is 2.63. The van der Waals surface area contributed by atoms with Crippen molar-refractivity contribution >= 4 is 0 Å². The highest BCUT2D eigenvalue weighted by atomic mass is 16.5. The van der Waals surface area contributed by atoms with Crippen LogP contribution in [0, 0.1) is 0 Å². The first kappa shape index (κ1) is 15.6. The molecule has 2 unspecified atom stereocenters. The fraction of sp³-hybridized carbons (Fsp3) is 0.562. The minimum atomic E-state index is 0.234. The molecule has 0 aromatic carbocycles. The Hall–Kier alpha value is -1.75. The third-order valence-corrected chi connectivity index (χ3v) is 3.85. The summed E-state index contributed by atoms with van der Waals surface area (Å²) in [7, 11) is 0. The van der Waals surface area contributed by atoms with Gasteiger partial charge in [0.1, 0.15) is 0 Å². The van der Waals surface area contributed by atoms with Gasteiger partial charge in [-0.05, 0) is 37.9 Å². The molecule has 5 nitrogen and oxygen atoms in total. The summed E-state index contributed by atoms with van der Waals surface area (Å²) in [5.41, 5.74) is 2.14. The topological polar surface area (TPSA) is 63.8 Å². The van der Waals surface area contributed by atoms with E-state index in [1.807, 2.05) is 12.3 Å². The first-order valence-corrected chi connectivity index (χ1v) is 7.71. The number of rotatable bonds is 7. The van der Waals surface area contributed by atoms with Gasteiger partial charge in [-0.15, -0.1) is 0 Å². The van der Waals surface area contributed by atoms with Crippen LogP contribution in [0.5, 0.6) is 0 Å². The Labute approximate surface area is 126 Å². The van der Waals surface area contributed by atoms with Gasteiger partial charge in [0.2, 0.25) is 11.7 Å². The Bertz CT molecular complexity index is 567. The van der Waals surface area contributed by atoms with Crippen LogP contribution in [0.15, 0.2) is 23.0 Å².